The van der Waals surface area contributed by atoms with Crippen LogP contribution in [0, 0.1) is 5.82 Å². The minimum atomic E-state index is -5.64. The Kier molecular flexibility index (Phi) is 8.62. The fourth-order valence-electron chi connectivity index (χ4n) is 1.04. The number of aliphatic hydroxyl groups excluding tert-OH is 2. The summed E-state index contributed by atoms with van der Waals surface area (Å²) in [5, 5.41) is 17.9. The normalized spacial score (nSPS) is 12.5. The highest BCUT2D eigenvalue weighted by Crippen LogP contribution is 2.43. The van der Waals surface area contributed by atoms with Crippen molar-refractivity contribution in [2.45, 2.75) is 6.10 Å². The van der Waals surface area contributed by atoms with Gasteiger partial charge in [-0.25, -0.2) is 8.96 Å². The number of rotatable bonds is 5. The number of hydrogen-bond acceptors (Lipinski definition) is 4. The Morgan fingerprint density at radius 2 is 1.74 bits per heavy atom. The SMILES string of the molecule is O=P(O)(F)F.OCCOCC(O)c1ccc(F)cc1. The van der Waals surface area contributed by atoms with Gasteiger partial charge >= 0.3 is 7.99 Å². The predicted molar refractivity (Wildman–Crippen MR) is 61.3 cm³/mol. The van der Waals surface area contributed by atoms with Gasteiger partial charge in [-0.15, -0.1) is 8.39 Å². The van der Waals surface area contributed by atoms with Gasteiger partial charge in [0, 0.05) is 0 Å². The molecule has 0 heterocycles. The van der Waals surface area contributed by atoms with Crippen LogP contribution < -0.4 is 0 Å². The lowest BCUT2D eigenvalue weighted by molar-refractivity contribution is 0.0206. The molecule has 0 saturated carbocycles. The molecule has 9 heteroatoms. The molecule has 1 aromatic carbocycles. The summed E-state index contributed by atoms with van der Waals surface area (Å²) in [6.45, 7) is 0.223. The van der Waals surface area contributed by atoms with E-state index in [1.807, 2.05) is 0 Å². The molecule has 0 amide bonds. The molecule has 0 fully saturated rings. The van der Waals surface area contributed by atoms with Crippen molar-refractivity contribution >= 4 is 7.99 Å². The zero-order valence-corrected chi connectivity index (χ0v) is 10.6. The molecule has 1 unspecified atom stereocenters. The number of aliphatic hydroxyl groups is 2. The Morgan fingerprint density at radius 1 is 1.26 bits per heavy atom. The molecule has 0 radical (unpaired) electrons. The van der Waals surface area contributed by atoms with E-state index >= 15 is 0 Å². The lowest BCUT2D eigenvalue weighted by Crippen LogP contribution is -2.09. The second-order valence-corrected chi connectivity index (χ2v) is 4.17. The van der Waals surface area contributed by atoms with Crippen LogP contribution in [0.2, 0.25) is 0 Å². The zero-order valence-electron chi connectivity index (χ0n) is 9.75. The van der Waals surface area contributed by atoms with Gasteiger partial charge in [0.15, 0.2) is 0 Å². The maximum atomic E-state index is 12.5. The second-order valence-electron chi connectivity index (χ2n) is 3.30. The van der Waals surface area contributed by atoms with Gasteiger partial charge < -0.3 is 14.9 Å². The molecule has 0 spiro atoms. The van der Waals surface area contributed by atoms with Crippen LogP contribution in [0.15, 0.2) is 24.3 Å². The summed E-state index contributed by atoms with van der Waals surface area (Å²) in [7, 11) is -5.64. The number of hydrogen-bond donors (Lipinski definition) is 3. The minimum absolute atomic E-state index is 0.0733. The van der Waals surface area contributed by atoms with Crippen LogP contribution >= 0.6 is 7.99 Å². The second kappa shape index (κ2) is 9.06. The van der Waals surface area contributed by atoms with Gasteiger partial charge in [0.05, 0.1) is 19.8 Å². The Labute approximate surface area is 108 Å². The first kappa shape index (κ1) is 18.1. The molecule has 1 aromatic rings. The van der Waals surface area contributed by atoms with E-state index in [-0.39, 0.29) is 25.6 Å². The summed E-state index contributed by atoms with van der Waals surface area (Å²) in [6.07, 6.45) is -0.776. The van der Waals surface area contributed by atoms with E-state index in [4.69, 9.17) is 19.3 Å². The average molecular weight is 302 g/mol. The van der Waals surface area contributed by atoms with Crippen molar-refractivity contribution in [2.24, 2.45) is 0 Å². The van der Waals surface area contributed by atoms with Crippen molar-refractivity contribution in [1.29, 1.82) is 0 Å². The van der Waals surface area contributed by atoms with Crippen molar-refractivity contribution in [2.75, 3.05) is 19.8 Å². The molecular formula is C10H14F3O5P. The molecule has 3 N–H and O–H groups in total. The predicted octanol–water partition coefficient (Wildman–Crippen LogP) is 1.89. The van der Waals surface area contributed by atoms with E-state index in [1.165, 1.54) is 24.3 Å². The molecule has 0 aliphatic carbocycles. The molecular weight excluding hydrogens is 288 g/mol. The third-order valence-electron chi connectivity index (χ3n) is 1.77. The lowest BCUT2D eigenvalue weighted by atomic mass is 10.1. The smallest absolute Gasteiger partial charge is 0.394 e. The third-order valence-corrected chi connectivity index (χ3v) is 1.77. The summed E-state index contributed by atoms with van der Waals surface area (Å²) >= 11 is 0. The van der Waals surface area contributed by atoms with Crippen LogP contribution in [0.4, 0.5) is 12.8 Å². The van der Waals surface area contributed by atoms with Crippen molar-refractivity contribution in [3.8, 4) is 0 Å². The summed E-state index contributed by atoms with van der Waals surface area (Å²) in [5.74, 6) is -0.336. The van der Waals surface area contributed by atoms with E-state index in [2.05, 4.69) is 0 Å². The van der Waals surface area contributed by atoms with Gasteiger partial charge in [-0.2, -0.15) is 0 Å². The van der Waals surface area contributed by atoms with Crippen LogP contribution in [0.25, 0.3) is 0 Å². The Morgan fingerprint density at radius 3 is 2.16 bits per heavy atom. The van der Waals surface area contributed by atoms with Crippen molar-refractivity contribution in [1.82, 2.24) is 0 Å². The van der Waals surface area contributed by atoms with E-state index in [0.717, 1.165) is 0 Å². The average Bonchev–Trinajstić information content (AvgIpc) is 2.28. The standard InChI is InChI=1S/C10H13FO3.F2HO2P/c11-9-3-1-8(2-4-9)10(13)7-14-6-5-12;1-5(2,3)4/h1-4,10,12-13H,5-7H2;(H,3,4). The van der Waals surface area contributed by atoms with Gasteiger partial charge in [0.25, 0.3) is 0 Å². The number of ether oxygens (including phenoxy) is 1. The van der Waals surface area contributed by atoms with Crippen LogP contribution in [0.3, 0.4) is 0 Å². The van der Waals surface area contributed by atoms with Crippen molar-refractivity contribution in [3.63, 3.8) is 0 Å². The molecule has 0 bridgehead atoms. The van der Waals surface area contributed by atoms with Crippen molar-refractivity contribution in [3.05, 3.63) is 35.6 Å². The zero-order chi connectivity index (χ0) is 14.9. The van der Waals surface area contributed by atoms with Gasteiger partial charge in [0.1, 0.15) is 11.9 Å². The molecule has 1 atom stereocenters. The first-order chi connectivity index (χ1) is 8.74. The number of benzene rings is 1. The fourth-order valence-corrected chi connectivity index (χ4v) is 1.04. The summed E-state index contributed by atoms with van der Waals surface area (Å²) in [4.78, 5) is 6.74. The summed E-state index contributed by atoms with van der Waals surface area (Å²) < 4.78 is 46.1. The van der Waals surface area contributed by atoms with Crippen LogP contribution in [0.1, 0.15) is 11.7 Å². The van der Waals surface area contributed by atoms with Gasteiger partial charge in [-0.3, -0.25) is 4.89 Å². The lowest BCUT2D eigenvalue weighted by Gasteiger charge is -2.10. The highest BCUT2D eigenvalue weighted by Gasteiger charge is 2.09. The molecule has 0 aromatic heterocycles. The highest BCUT2D eigenvalue weighted by atomic mass is 31.2. The fraction of sp³-hybridized carbons (Fsp3) is 0.400. The van der Waals surface area contributed by atoms with Crippen LogP contribution in [-0.2, 0) is 9.30 Å². The van der Waals surface area contributed by atoms with Gasteiger partial charge in [-0.05, 0) is 17.7 Å². The third kappa shape index (κ3) is 11.9. The molecule has 0 saturated heterocycles. The largest absolute Gasteiger partial charge is 0.549 e. The van der Waals surface area contributed by atoms with Gasteiger partial charge in [-0.1, -0.05) is 12.1 Å². The van der Waals surface area contributed by atoms with Crippen molar-refractivity contribution < 1.29 is 37.2 Å². The minimum Gasteiger partial charge on any atom is -0.394 e. The molecule has 0 aliphatic heterocycles. The van der Waals surface area contributed by atoms with E-state index in [0.29, 0.717) is 5.56 Å². The maximum Gasteiger partial charge on any atom is 0.549 e. The summed E-state index contributed by atoms with van der Waals surface area (Å²) in [5.41, 5.74) is 0.601. The molecule has 110 valence electrons. The highest BCUT2D eigenvalue weighted by molar-refractivity contribution is 7.46. The van der Waals surface area contributed by atoms with E-state index in [9.17, 15) is 17.9 Å². The Balaban J connectivity index is 0.000000555. The molecule has 1 rings (SSSR count). The first-order valence-electron chi connectivity index (χ1n) is 5.08. The Hall–Kier alpha value is -0.920. The quantitative estimate of drug-likeness (QED) is 0.571. The monoisotopic (exact) mass is 302 g/mol. The first-order valence-corrected chi connectivity index (χ1v) is 6.52. The van der Waals surface area contributed by atoms with E-state index in [1.54, 1.807) is 0 Å². The topological polar surface area (TPSA) is 87.0 Å². The summed E-state index contributed by atoms with van der Waals surface area (Å²) in [6, 6.07) is 5.57. The molecule has 5 nitrogen and oxygen atoms in total. The van der Waals surface area contributed by atoms with Crippen LogP contribution in [0.5, 0.6) is 0 Å². The van der Waals surface area contributed by atoms with Gasteiger partial charge in [0.2, 0.25) is 0 Å². The molecule has 0 aliphatic rings. The maximum absolute atomic E-state index is 12.5. The van der Waals surface area contributed by atoms with E-state index < -0.39 is 14.1 Å². The Bertz CT molecular complexity index is 386. The van der Waals surface area contributed by atoms with Crippen LogP contribution in [-0.4, -0.2) is 34.9 Å². The molecule has 19 heavy (non-hydrogen) atoms. The number of halogens is 3.